The summed E-state index contributed by atoms with van der Waals surface area (Å²) >= 11 is 1.79. The Morgan fingerprint density at radius 3 is 2.61 bits per heavy atom. The lowest BCUT2D eigenvalue weighted by molar-refractivity contribution is 0.171. The predicted octanol–water partition coefficient (Wildman–Crippen LogP) is 3.32. The van der Waals surface area contributed by atoms with Gasteiger partial charge < -0.3 is 10.1 Å². The summed E-state index contributed by atoms with van der Waals surface area (Å²) in [7, 11) is 1.76. The molecule has 3 nitrogen and oxygen atoms in total. The first-order valence-electron chi connectivity index (χ1n) is 7.01. The minimum atomic E-state index is 0.104. The first kappa shape index (κ1) is 14.0. The van der Waals surface area contributed by atoms with Gasteiger partial charge in [-0.2, -0.15) is 0 Å². The number of hydrogen-bond donors (Lipinski definition) is 1. The topological polar surface area (TPSA) is 34.1 Å². The second-order valence-electron chi connectivity index (χ2n) is 5.11. The smallest absolute Gasteiger partial charge is 0.113 e. The van der Waals surface area contributed by atoms with E-state index in [9.17, 15) is 0 Å². The third-order valence-electron chi connectivity index (χ3n) is 3.82. The fourth-order valence-corrected chi connectivity index (χ4v) is 3.70. The van der Waals surface area contributed by atoms with Crippen molar-refractivity contribution in [1.29, 1.82) is 0 Å². The fraction of sp³-hybridized carbons (Fsp3) is 0.786. The quantitative estimate of drug-likeness (QED) is 0.832. The van der Waals surface area contributed by atoms with Gasteiger partial charge in [-0.1, -0.05) is 32.1 Å². The van der Waals surface area contributed by atoms with Crippen molar-refractivity contribution in [3.8, 4) is 0 Å². The molecule has 18 heavy (non-hydrogen) atoms. The molecule has 1 aromatic heterocycles. The van der Waals surface area contributed by atoms with Gasteiger partial charge in [0.05, 0.1) is 12.1 Å². The van der Waals surface area contributed by atoms with Crippen LogP contribution in [0.3, 0.4) is 0 Å². The molecule has 0 atom stereocenters. The highest BCUT2D eigenvalue weighted by molar-refractivity contribution is 7.09. The van der Waals surface area contributed by atoms with Crippen LogP contribution in [0, 0.1) is 0 Å². The molecule has 1 aromatic rings. The number of nitrogens with one attached hydrogen (secondary N) is 1. The third kappa shape index (κ3) is 3.53. The SMILES string of the molecule is COCCNC1(c2nccs2)CCCCCCC1. The van der Waals surface area contributed by atoms with E-state index in [2.05, 4.69) is 15.7 Å². The Morgan fingerprint density at radius 1 is 1.28 bits per heavy atom. The maximum atomic E-state index is 5.17. The third-order valence-corrected chi connectivity index (χ3v) is 4.80. The van der Waals surface area contributed by atoms with Crippen molar-refractivity contribution < 1.29 is 4.74 Å². The Balaban J connectivity index is 2.09. The Labute approximate surface area is 114 Å². The first-order valence-corrected chi connectivity index (χ1v) is 7.89. The zero-order valence-corrected chi connectivity index (χ0v) is 12.1. The zero-order valence-electron chi connectivity index (χ0n) is 11.3. The van der Waals surface area contributed by atoms with Crippen LogP contribution >= 0.6 is 11.3 Å². The number of hydrogen-bond acceptors (Lipinski definition) is 4. The van der Waals surface area contributed by atoms with Crippen LogP contribution in [0.1, 0.15) is 50.0 Å². The summed E-state index contributed by atoms with van der Waals surface area (Å²) in [5, 5.41) is 7.08. The van der Waals surface area contributed by atoms with E-state index in [0.717, 1.165) is 13.2 Å². The van der Waals surface area contributed by atoms with Crippen molar-refractivity contribution in [3.63, 3.8) is 0 Å². The molecule has 4 heteroatoms. The number of methoxy groups -OCH3 is 1. The Morgan fingerprint density at radius 2 is 2.00 bits per heavy atom. The molecule has 1 saturated carbocycles. The molecule has 1 heterocycles. The largest absolute Gasteiger partial charge is 0.383 e. The van der Waals surface area contributed by atoms with Gasteiger partial charge in [0.25, 0.3) is 0 Å². The lowest BCUT2D eigenvalue weighted by Gasteiger charge is -2.35. The first-order chi connectivity index (χ1) is 8.87. The van der Waals surface area contributed by atoms with Gasteiger partial charge in [-0.15, -0.1) is 11.3 Å². The van der Waals surface area contributed by atoms with E-state index < -0.39 is 0 Å². The molecule has 0 amide bonds. The van der Waals surface area contributed by atoms with E-state index in [0.29, 0.717) is 0 Å². The Bertz CT molecular complexity index is 319. The second-order valence-corrected chi connectivity index (χ2v) is 6.00. The summed E-state index contributed by atoms with van der Waals surface area (Å²) < 4.78 is 5.17. The molecule has 0 bridgehead atoms. The molecule has 1 N–H and O–H groups in total. The van der Waals surface area contributed by atoms with Crippen molar-refractivity contribution in [3.05, 3.63) is 16.6 Å². The van der Waals surface area contributed by atoms with Gasteiger partial charge in [0, 0.05) is 25.2 Å². The van der Waals surface area contributed by atoms with Crippen LogP contribution in [0.2, 0.25) is 0 Å². The number of nitrogens with zero attached hydrogens (tertiary/aromatic N) is 1. The van der Waals surface area contributed by atoms with Crippen LogP contribution in [-0.2, 0) is 10.3 Å². The van der Waals surface area contributed by atoms with Crippen LogP contribution in [0.15, 0.2) is 11.6 Å². The van der Waals surface area contributed by atoms with E-state index in [-0.39, 0.29) is 5.54 Å². The van der Waals surface area contributed by atoms with Crippen LogP contribution in [0.5, 0.6) is 0 Å². The molecular formula is C14H24N2OS. The standard InChI is InChI=1S/C14H24N2OS/c1-17-11-9-16-14(13-15-10-12-18-13)7-5-3-2-4-6-8-14/h10,12,16H,2-9,11H2,1H3. The van der Waals surface area contributed by atoms with Gasteiger partial charge in [-0.25, -0.2) is 4.98 Å². The van der Waals surface area contributed by atoms with E-state index in [1.54, 1.807) is 18.4 Å². The number of rotatable bonds is 5. The number of ether oxygens (including phenoxy) is 1. The summed E-state index contributed by atoms with van der Waals surface area (Å²) in [6.07, 6.45) is 11.1. The highest BCUT2D eigenvalue weighted by atomic mass is 32.1. The lowest BCUT2D eigenvalue weighted by Crippen LogP contribution is -2.44. The average molecular weight is 268 g/mol. The van der Waals surface area contributed by atoms with Gasteiger partial charge >= 0.3 is 0 Å². The van der Waals surface area contributed by atoms with Crippen molar-refractivity contribution in [2.45, 2.75) is 50.5 Å². The molecule has 1 fully saturated rings. The maximum absolute atomic E-state index is 5.17. The van der Waals surface area contributed by atoms with Gasteiger partial charge in [-0.3, -0.25) is 0 Å². The van der Waals surface area contributed by atoms with E-state index in [1.165, 1.54) is 50.0 Å². The molecule has 0 aromatic carbocycles. The van der Waals surface area contributed by atoms with Crippen molar-refractivity contribution in [2.24, 2.45) is 0 Å². The summed E-state index contributed by atoms with van der Waals surface area (Å²) in [4.78, 5) is 4.58. The van der Waals surface area contributed by atoms with E-state index >= 15 is 0 Å². The Kier molecular flexibility index (Phi) is 5.60. The number of thiazole rings is 1. The monoisotopic (exact) mass is 268 g/mol. The van der Waals surface area contributed by atoms with Crippen molar-refractivity contribution >= 4 is 11.3 Å². The normalized spacial score (nSPS) is 20.3. The van der Waals surface area contributed by atoms with Gasteiger partial charge in [-0.05, 0) is 12.8 Å². The van der Waals surface area contributed by atoms with Gasteiger partial charge in [0.2, 0.25) is 0 Å². The van der Waals surface area contributed by atoms with Crippen LogP contribution in [0.25, 0.3) is 0 Å². The second kappa shape index (κ2) is 7.22. The number of aromatic nitrogens is 1. The highest BCUT2D eigenvalue weighted by Crippen LogP contribution is 2.36. The molecule has 2 rings (SSSR count). The maximum Gasteiger partial charge on any atom is 0.113 e. The van der Waals surface area contributed by atoms with Crippen LogP contribution in [0.4, 0.5) is 0 Å². The summed E-state index contributed by atoms with van der Waals surface area (Å²) in [5.41, 5.74) is 0.104. The van der Waals surface area contributed by atoms with Crippen LogP contribution in [-0.4, -0.2) is 25.2 Å². The molecule has 0 unspecified atom stereocenters. The molecule has 0 radical (unpaired) electrons. The summed E-state index contributed by atoms with van der Waals surface area (Å²) in [6, 6.07) is 0. The summed E-state index contributed by atoms with van der Waals surface area (Å²) in [5.74, 6) is 0. The fourth-order valence-electron chi connectivity index (χ4n) is 2.83. The predicted molar refractivity (Wildman–Crippen MR) is 76.0 cm³/mol. The Hall–Kier alpha value is -0.450. The lowest BCUT2D eigenvalue weighted by atomic mass is 9.84. The average Bonchev–Trinajstić information content (AvgIpc) is 2.86. The van der Waals surface area contributed by atoms with Crippen molar-refractivity contribution in [2.75, 3.05) is 20.3 Å². The molecule has 0 saturated heterocycles. The summed E-state index contributed by atoms with van der Waals surface area (Å²) in [6.45, 7) is 1.68. The van der Waals surface area contributed by atoms with Crippen molar-refractivity contribution in [1.82, 2.24) is 10.3 Å². The highest BCUT2D eigenvalue weighted by Gasteiger charge is 2.33. The molecule has 102 valence electrons. The minimum absolute atomic E-state index is 0.104. The van der Waals surface area contributed by atoms with E-state index in [1.807, 2.05) is 6.20 Å². The van der Waals surface area contributed by atoms with Crippen LogP contribution < -0.4 is 5.32 Å². The molecule has 0 aliphatic heterocycles. The van der Waals surface area contributed by atoms with Gasteiger partial charge in [0.1, 0.15) is 5.01 Å². The van der Waals surface area contributed by atoms with E-state index in [4.69, 9.17) is 4.74 Å². The zero-order chi connectivity index (χ0) is 12.7. The molecular weight excluding hydrogens is 244 g/mol. The molecule has 1 aliphatic carbocycles. The van der Waals surface area contributed by atoms with Gasteiger partial charge in [0.15, 0.2) is 0 Å². The molecule has 0 spiro atoms. The molecule has 1 aliphatic rings. The minimum Gasteiger partial charge on any atom is -0.383 e.